The third kappa shape index (κ3) is 4.66. The Hall–Kier alpha value is -1.07. The quantitative estimate of drug-likeness (QED) is 0.828. The maximum absolute atomic E-state index is 11.7. The lowest BCUT2D eigenvalue weighted by atomic mass is 10.2. The molecule has 2 N–H and O–H groups in total. The molecular weight excluding hydrogens is 246 g/mol. The van der Waals surface area contributed by atoms with Gasteiger partial charge in [0.2, 0.25) is 5.91 Å². The van der Waals surface area contributed by atoms with E-state index in [0.717, 1.165) is 30.2 Å². The lowest BCUT2D eigenvalue weighted by Gasteiger charge is -2.22. The van der Waals surface area contributed by atoms with Crippen molar-refractivity contribution in [1.29, 1.82) is 0 Å². The van der Waals surface area contributed by atoms with Gasteiger partial charge in [0.25, 0.3) is 0 Å². The highest BCUT2D eigenvalue weighted by molar-refractivity contribution is 7.99. The normalized spacial score (nSPS) is 19.4. The van der Waals surface area contributed by atoms with Crippen LogP contribution in [-0.4, -0.2) is 41.5 Å². The number of carbonyl (C=O) groups is 1. The van der Waals surface area contributed by atoms with Crippen LogP contribution in [-0.2, 0) is 11.2 Å². The minimum Gasteiger partial charge on any atom is -0.356 e. The van der Waals surface area contributed by atoms with Gasteiger partial charge in [-0.05, 0) is 12.1 Å². The Bertz CT molecular complexity index is 366. The van der Waals surface area contributed by atoms with Crippen LogP contribution >= 0.6 is 11.8 Å². The van der Waals surface area contributed by atoms with Crippen LogP contribution in [0.1, 0.15) is 12.1 Å². The Labute approximate surface area is 112 Å². The molecule has 1 atom stereocenters. The van der Waals surface area contributed by atoms with Crippen LogP contribution in [0.5, 0.6) is 0 Å². The first-order valence-electron chi connectivity index (χ1n) is 6.32. The van der Waals surface area contributed by atoms with E-state index in [0.29, 0.717) is 19.0 Å². The van der Waals surface area contributed by atoms with Gasteiger partial charge in [-0.15, -0.1) is 0 Å². The Morgan fingerprint density at radius 1 is 1.56 bits per heavy atom. The third-order valence-electron chi connectivity index (χ3n) is 2.86. The first-order chi connectivity index (χ1) is 8.84. The Kier molecular flexibility index (Phi) is 5.48. The summed E-state index contributed by atoms with van der Waals surface area (Å²) >= 11 is 1.91. The molecule has 1 unspecified atom stereocenters. The fraction of sp³-hybridized carbons (Fsp3) is 0.538. The second-order valence-corrected chi connectivity index (χ2v) is 5.50. The van der Waals surface area contributed by atoms with Crippen LogP contribution in [0.3, 0.4) is 0 Å². The van der Waals surface area contributed by atoms with Gasteiger partial charge in [0.05, 0.1) is 0 Å². The Balaban J connectivity index is 1.62. The topological polar surface area (TPSA) is 54.0 Å². The molecule has 1 aliphatic heterocycles. The number of hydrogen-bond donors (Lipinski definition) is 2. The van der Waals surface area contributed by atoms with E-state index in [4.69, 9.17) is 0 Å². The van der Waals surface area contributed by atoms with Gasteiger partial charge < -0.3 is 10.6 Å². The van der Waals surface area contributed by atoms with Gasteiger partial charge in [-0.25, -0.2) is 0 Å². The van der Waals surface area contributed by atoms with Crippen molar-refractivity contribution in [2.24, 2.45) is 0 Å². The number of nitrogens with zero attached hydrogens (tertiary/aromatic N) is 1. The van der Waals surface area contributed by atoms with Crippen molar-refractivity contribution in [2.45, 2.75) is 18.9 Å². The SMILES string of the molecule is O=C(CC1CSCCN1)NCCc1ccccn1. The van der Waals surface area contributed by atoms with E-state index in [1.165, 1.54) is 0 Å². The van der Waals surface area contributed by atoms with Crippen molar-refractivity contribution >= 4 is 17.7 Å². The maximum Gasteiger partial charge on any atom is 0.221 e. The molecular formula is C13H19N3OS. The van der Waals surface area contributed by atoms with Gasteiger partial charge in [-0.2, -0.15) is 11.8 Å². The Morgan fingerprint density at radius 2 is 2.50 bits per heavy atom. The molecule has 0 aliphatic carbocycles. The number of carbonyl (C=O) groups excluding carboxylic acids is 1. The van der Waals surface area contributed by atoms with Crippen LogP contribution in [0.15, 0.2) is 24.4 Å². The van der Waals surface area contributed by atoms with Gasteiger partial charge in [0, 0.05) is 55.4 Å². The summed E-state index contributed by atoms with van der Waals surface area (Å²) in [4.78, 5) is 15.9. The molecule has 0 bridgehead atoms. The summed E-state index contributed by atoms with van der Waals surface area (Å²) in [6, 6.07) is 6.17. The molecule has 1 aromatic heterocycles. The maximum atomic E-state index is 11.7. The first-order valence-corrected chi connectivity index (χ1v) is 7.48. The third-order valence-corrected chi connectivity index (χ3v) is 3.99. The zero-order chi connectivity index (χ0) is 12.6. The average molecular weight is 265 g/mol. The minimum absolute atomic E-state index is 0.130. The zero-order valence-electron chi connectivity index (χ0n) is 10.4. The molecule has 1 amide bonds. The smallest absolute Gasteiger partial charge is 0.221 e. The van der Waals surface area contributed by atoms with Crippen LogP contribution < -0.4 is 10.6 Å². The van der Waals surface area contributed by atoms with E-state index in [1.807, 2.05) is 30.0 Å². The van der Waals surface area contributed by atoms with E-state index in [1.54, 1.807) is 6.20 Å². The molecule has 1 aromatic rings. The average Bonchev–Trinajstić information content (AvgIpc) is 2.41. The first kappa shape index (κ1) is 13.4. The highest BCUT2D eigenvalue weighted by Gasteiger charge is 2.16. The summed E-state index contributed by atoms with van der Waals surface area (Å²) in [5, 5.41) is 6.31. The van der Waals surface area contributed by atoms with E-state index >= 15 is 0 Å². The molecule has 0 aromatic carbocycles. The molecule has 0 spiro atoms. The van der Waals surface area contributed by atoms with Gasteiger partial charge in [0.15, 0.2) is 0 Å². The van der Waals surface area contributed by atoms with Crippen LogP contribution in [0, 0.1) is 0 Å². The molecule has 0 radical (unpaired) electrons. The van der Waals surface area contributed by atoms with Gasteiger partial charge in [0.1, 0.15) is 0 Å². The largest absolute Gasteiger partial charge is 0.356 e. The summed E-state index contributed by atoms with van der Waals surface area (Å²) < 4.78 is 0. The van der Waals surface area contributed by atoms with Gasteiger partial charge >= 0.3 is 0 Å². The van der Waals surface area contributed by atoms with E-state index < -0.39 is 0 Å². The molecule has 98 valence electrons. The van der Waals surface area contributed by atoms with Crippen LogP contribution in [0.2, 0.25) is 0 Å². The zero-order valence-corrected chi connectivity index (χ0v) is 11.2. The summed E-state index contributed by atoms with van der Waals surface area (Å²) in [6.45, 7) is 1.67. The molecule has 5 heteroatoms. The number of hydrogen-bond acceptors (Lipinski definition) is 4. The Morgan fingerprint density at radius 3 is 3.22 bits per heavy atom. The molecule has 4 nitrogen and oxygen atoms in total. The highest BCUT2D eigenvalue weighted by Crippen LogP contribution is 2.09. The lowest BCUT2D eigenvalue weighted by Crippen LogP contribution is -2.41. The minimum atomic E-state index is 0.130. The van der Waals surface area contributed by atoms with E-state index in [-0.39, 0.29) is 5.91 Å². The molecule has 0 saturated carbocycles. The number of amides is 1. The van der Waals surface area contributed by atoms with Crippen molar-refractivity contribution in [3.63, 3.8) is 0 Å². The number of pyridine rings is 1. The van der Waals surface area contributed by atoms with Crippen molar-refractivity contribution in [2.75, 3.05) is 24.6 Å². The molecule has 1 fully saturated rings. The predicted molar refractivity (Wildman–Crippen MR) is 74.7 cm³/mol. The van der Waals surface area contributed by atoms with Crippen molar-refractivity contribution in [1.82, 2.24) is 15.6 Å². The number of aromatic nitrogens is 1. The van der Waals surface area contributed by atoms with Crippen LogP contribution in [0.4, 0.5) is 0 Å². The molecule has 18 heavy (non-hydrogen) atoms. The summed E-state index contributed by atoms with van der Waals surface area (Å²) in [6.07, 6.45) is 3.15. The molecule has 2 rings (SSSR count). The second-order valence-electron chi connectivity index (χ2n) is 4.35. The monoisotopic (exact) mass is 265 g/mol. The van der Waals surface area contributed by atoms with Crippen LogP contribution in [0.25, 0.3) is 0 Å². The summed E-state index contributed by atoms with van der Waals surface area (Å²) in [7, 11) is 0. The second kappa shape index (κ2) is 7.38. The fourth-order valence-electron chi connectivity index (χ4n) is 1.92. The van der Waals surface area contributed by atoms with Gasteiger partial charge in [-0.1, -0.05) is 6.07 Å². The predicted octanol–water partition coefficient (Wildman–Crippen LogP) is 0.835. The standard InChI is InChI=1S/C13H19N3OS/c17-13(9-12-10-18-8-7-15-12)16-6-4-11-3-1-2-5-14-11/h1-3,5,12,15H,4,6-10H2,(H,16,17). The van der Waals surface area contributed by atoms with Crippen molar-refractivity contribution < 1.29 is 4.79 Å². The van der Waals surface area contributed by atoms with E-state index in [2.05, 4.69) is 15.6 Å². The van der Waals surface area contributed by atoms with Crippen molar-refractivity contribution in [3.8, 4) is 0 Å². The fourth-order valence-corrected chi connectivity index (χ4v) is 2.87. The summed E-state index contributed by atoms with van der Waals surface area (Å²) in [5.41, 5.74) is 1.02. The van der Waals surface area contributed by atoms with Gasteiger partial charge in [-0.3, -0.25) is 9.78 Å². The number of nitrogens with one attached hydrogen (secondary N) is 2. The molecule has 1 saturated heterocycles. The number of thioether (sulfide) groups is 1. The lowest BCUT2D eigenvalue weighted by molar-refractivity contribution is -0.121. The molecule has 1 aliphatic rings. The summed E-state index contributed by atoms with van der Waals surface area (Å²) in [5.74, 6) is 2.32. The molecule has 2 heterocycles. The van der Waals surface area contributed by atoms with E-state index in [9.17, 15) is 4.79 Å². The van der Waals surface area contributed by atoms with Crippen molar-refractivity contribution in [3.05, 3.63) is 30.1 Å². The number of rotatable bonds is 5. The highest BCUT2D eigenvalue weighted by atomic mass is 32.2.